The monoisotopic (exact) mass is 256 g/mol. The molecular weight excluding hydrogens is 232 g/mol. The summed E-state index contributed by atoms with van der Waals surface area (Å²) in [5.74, 6) is 0.0285. The Morgan fingerprint density at radius 3 is 2.61 bits per heavy atom. The van der Waals surface area contributed by atoms with Gasteiger partial charge in [-0.15, -0.1) is 0 Å². The summed E-state index contributed by atoms with van der Waals surface area (Å²) in [6.45, 7) is 1.70. The molecule has 2 rings (SSSR count). The van der Waals surface area contributed by atoms with Crippen LogP contribution in [0.1, 0.15) is 44.9 Å². The lowest BCUT2D eigenvalue weighted by Gasteiger charge is -2.27. The Balaban J connectivity index is 1.57. The van der Waals surface area contributed by atoms with E-state index in [4.69, 9.17) is 14.2 Å². The Morgan fingerprint density at radius 1 is 1.22 bits per heavy atom. The Labute approximate surface area is 109 Å². The average Bonchev–Trinajstić information content (AvgIpc) is 2.92. The van der Waals surface area contributed by atoms with Gasteiger partial charge in [-0.1, -0.05) is 0 Å². The fourth-order valence-corrected chi connectivity index (χ4v) is 2.87. The summed E-state index contributed by atoms with van der Waals surface area (Å²) in [6.07, 6.45) is 7.87. The maximum absolute atomic E-state index is 11.4. The number of rotatable bonds is 5. The highest BCUT2D eigenvalue weighted by Crippen LogP contribution is 2.27. The molecule has 0 N–H and O–H groups in total. The van der Waals surface area contributed by atoms with Gasteiger partial charge in [-0.3, -0.25) is 4.79 Å². The van der Waals surface area contributed by atoms with E-state index in [1.807, 2.05) is 0 Å². The van der Waals surface area contributed by atoms with Crippen molar-refractivity contribution in [1.82, 2.24) is 0 Å². The molecule has 0 aromatic heterocycles. The van der Waals surface area contributed by atoms with Crippen LogP contribution in [0.25, 0.3) is 0 Å². The second kappa shape index (κ2) is 7.10. The van der Waals surface area contributed by atoms with Crippen LogP contribution in [0.2, 0.25) is 0 Å². The second-order valence-corrected chi connectivity index (χ2v) is 5.29. The summed E-state index contributed by atoms with van der Waals surface area (Å²) in [5, 5.41) is 0. The van der Waals surface area contributed by atoms with Crippen molar-refractivity contribution < 1.29 is 19.0 Å². The van der Waals surface area contributed by atoms with Crippen LogP contribution >= 0.6 is 0 Å². The number of carbonyl (C=O) groups excluding carboxylic acids is 1. The van der Waals surface area contributed by atoms with Crippen molar-refractivity contribution in [3.05, 3.63) is 0 Å². The third-order valence-corrected chi connectivity index (χ3v) is 4.03. The highest BCUT2D eigenvalue weighted by molar-refractivity contribution is 5.72. The smallest absolute Gasteiger partial charge is 0.308 e. The summed E-state index contributed by atoms with van der Waals surface area (Å²) in [5.41, 5.74) is 0. The summed E-state index contributed by atoms with van der Waals surface area (Å²) in [7, 11) is 1.46. The Kier molecular flexibility index (Phi) is 5.45. The molecule has 0 bridgehead atoms. The van der Waals surface area contributed by atoms with Crippen molar-refractivity contribution in [2.75, 3.05) is 20.3 Å². The van der Waals surface area contributed by atoms with Gasteiger partial charge in [0.25, 0.3) is 0 Å². The minimum atomic E-state index is -0.0622. The fourth-order valence-electron chi connectivity index (χ4n) is 2.87. The predicted molar refractivity (Wildman–Crippen MR) is 67.3 cm³/mol. The highest BCUT2D eigenvalue weighted by Gasteiger charge is 2.27. The number of carbonyl (C=O) groups is 1. The molecule has 0 amide bonds. The molecular formula is C14H24O4. The van der Waals surface area contributed by atoms with Gasteiger partial charge in [0, 0.05) is 13.2 Å². The van der Waals surface area contributed by atoms with Gasteiger partial charge < -0.3 is 14.2 Å². The first-order valence-electron chi connectivity index (χ1n) is 7.10. The molecule has 0 aromatic carbocycles. The first-order chi connectivity index (χ1) is 8.79. The molecule has 2 aliphatic rings. The lowest BCUT2D eigenvalue weighted by atomic mass is 9.87. The maximum Gasteiger partial charge on any atom is 0.308 e. The summed E-state index contributed by atoms with van der Waals surface area (Å²) in [6, 6.07) is 0. The summed E-state index contributed by atoms with van der Waals surface area (Å²) >= 11 is 0. The minimum Gasteiger partial charge on any atom is -0.469 e. The van der Waals surface area contributed by atoms with Crippen molar-refractivity contribution in [2.24, 2.45) is 5.92 Å². The molecule has 0 spiro atoms. The maximum atomic E-state index is 11.4. The van der Waals surface area contributed by atoms with E-state index in [2.05, 4.69) is 0 Å². The van der Waals surface area contributed by atoms with Gasteiger partial charge in [0.05, 0.1) is 25.2 Å². The molecule has 1 aliphatic carbocycles. The molecule has 1 atom stereocenters. The van der Waals surface area contributed by atoms with E-state index >= 15 is 0 Å². The number of methoxy groups -OCH3 is 1. The molecule has 1 aliphatic heterocycles. The topological polar surface area (TPSA) is 44.8 Å². The largest absolute Gasteiger partial charge is 0.469 e. The molecule has 4 heteroatoms. The third-order valence-electron chi connectivity index (χ3n) is 4.03. The van der Waals surface area contributed by atoms with Crippen LogP contribution in [0.3, 0.4) is 0 Å². The normalized spacial score (nSPS) is 32.4. The molecule has 1 saturated carbocycles. The van der Waals surface area contributed by atoms with Crippen molar-refractivity contribution in [2.45, 2.75) is 57.2 Å². The van der Waals surface area contributed by atoms with Crippen LogP contribution < -0.4 is 0 Å². The Morgan fingerprint density at radius 2 is 2.00 bits per heavy atom. The average molecular weight is 256 g/mol. The molecule has 0 aromatic rings. The molecule has 1 heterocycles. The van der Waals surface area contributed by atoms with Crippen molar-refractivity contribution in [3.63, 3.8) is 0 Å². The van der Waals surface area contributed by atoms with Gasteiger partial charge in [-0.05, 0) is 44.9 Å². The zero-order valence-corrected chi connectivity index (χ0v) is 11.2. The standard InChI is InChI=1S/C14H24O4/c1-16-14(15)11-4-6-13(7-5-11)18-10-8-12-3-2-9-17-12/h11-13H,2-10H2,1H3. The zero-order valence-electron chi connectivity index (χ0n) is 11.2. The van der Waals surface area contributed by atoms with E-state index < -0.39 is 0 Å². The van der Waals surface area contributed by atoms with E-state index in [1.165, 1.54) is 20.0 Å². The second-order valence-electron chi connectivity index (χ2n) is 5.29. The molecule has 0 radical (unpaired) electrons. The van der Waals surface area contributed by atoms with Crippen LogP contribution in [0.5, 0.6) is 0 Å². The number of ether oxygens (including phenoxy) is 3. The molecule has 2 fully saturated rings. The van der Waals surface area contributed by atoms with Crippen LogP contribution in [0, 0.1) is 5.92 Å². The van der Waals surface area contributed by atoms with Crippen LogP contribution in [0.15, 0.2) is 0 Å². The van der Waals surface area contributed by atoms with Crippen LogP contribution in [-0.2, 0) is 19.0 Å². The van der Waals surface area contributed by atoms with Gasteiger partial charge in [-0.25, -0.2) is 0 Å². The zero-order chi connectivity index (χ0) is 12.8. The van der Waals surface area contributed by atoms with Gasteiger partial charge in [-0.2, -0.15) is 0 Å². The van der Waals surface area contributed by atoms with Crippen LogP contribution in [-0.4, -0.2) is 38.5 Å². The van der Waals surface area contributed by atoms with E-state index in [0.29, 0.717) is 12.2 Å². The van der Waals surface area contributed by atoms with Crippen molar-refractivity contribution >= 4 is 5.97 Å². The van der Waals surface area contributed by atoms with E-state index in [0.717, 1.165) is 45.3 Å². The third kappa shape index (κ3) is 3.95. The lowest BCUT2D eigenvalue weighted by Crippen LogP contribution is -2.27. The van der Waals surface area contributed by atoms with Gasteiger partial charge in [0.1, 0.15) is 0 Å². The minimum absolute atomic E-state index is 0.0622. The SMILES string of the molecule is COC(=O)C1CCC(OCCC2CCCO2)CC1. The van der Waals surface area contributed by atoms with Gasteiger partial charge >= 0.3 is 5.97 Å². The summed E-state index contributed by atoms with van der Waals surface area (Å²) < 4.78 is 16.2. The molecule has 1 unspecified atom stereocenters. The molecule has 4 nitrogen and oxygen atoms in total. The Bertz CT molecular complexity index is 253. The lowest BCUT2D eigenvalue weighted by molar-refractivity contribution is -0.147. The molecule has 1 saturated heterocycles. The highest BCUT2D eigenvalue weighted by atomic mass is 16.5. The Hall–Kier alpha value is -0.610. The first-order valence-corrected chi connectivity index (χ1v) is 7.10. The summed E-state index contributed by atoms with van der Waals surface area (Å²) in [4.78, 5) is 11.4. The number of hydrogen-bond acceptors (Lipinski definition) is 4. The first kappa shape index (κ1) is 13.8. The van der Waals surface area contributed by atoms with E-state index in [1.54, 1.807) is 0 Å². The van der Waals surface area contributed by atoms with Gasteiger partial charge in [0.15, 0.2) is 0 Å². The van der Waals surface area contributed by atoms with E-state index in [9.17, 15) is 4.79 Å². The molecule has 104 valence electrons. The molecule has 18 heavy (non-hydrogen) atoms. The predicted octanol–water partition coefficient (Wildman–Crippen LogP) is 2.30. The quantitative estimate of drug-likeness (QED) is 0.708. The fraction of sp³-hybridized carbons (Fsp3) is 0.929. The number of hydrogen-bond donors (Lipinski definition) is 0. The number of esters is 1. The van der Waals surface area contributed by atoms with Crippen molar-refractivity contribution in [1.29, 1.82) is 0 Å². The van der Waals surface area contributed by atoms with Crippen LogP contribution in [0.4, 0.5) is 0 Å². The van der Waals surface area contributed by atoms with E-state index in [-0.39, 0.29) is 11.9 Å². The van der Waals surface area contributed by atoms with Crippen molar-refractivity contribution in [3.8, 4) is 0 Å². The van der Waals surface area contributed by atoms with Gasteiger partial charge in [0.2, 0.25) is 0 Å².